The van der Waals surface area contributed by atoms with Crippen molar-refractivity contribution in [3.8, 4) is 22.8 Å². The zero-order valence-corrected chi connectivity index (χ0v) is 21.5. The van der Waals surface area contributed by atoms with Gasteiger partial charge in [-0.15, -0.1) is 48.6 Å². The molecule has 1 aromatic heterocycles. The van der Waals surface area contributed by atoms with Crippen LogP contribution in [0.25, 0.3) is 11.3 Å². The van der Waals surface area contributed by atoms with Crippen LogP contribution in [-0.2, 0) is 21.1 Å². The maximum absolute atomic E-state index is 6.10. The van der Waals surface area contributed by atoms with Crippen LogP contribution < -0.4 is 14.6 Å². The Morgan fingerprint density at radius 2 is 1.72 bits per heavy atom. The number of hydrogen-bond donors (Lipinski definition) is 0. The monoisotopic (exact) mass is 651 g/mol. The SMILES string of the molecule is [Pt].[c-]1c(Oc2[c-]c(N3[CH-]N(c4ccccc4)C=N3)ccc2)cccc1-c1ccn([C@@H]2C=CC=CC2)n1. The molecular formula is C29H22N5OPt-3. The van der Waals surface area contributed by atoms with Crippen molar-refractivity contribution in [2.24, 2.45) is 5.10 Å². The number of ether oxygens (including phenoxy) is 1. The maximum Gasteiger partial charge on any atom is 0.0848 e. The number of aromatic nitrogens is 2. The molecule has 0 saturated carbocycles. The van der Waals surface area contributed by atoms with Crippen molar-refractivity contribution in [1.82, 2.24) is 9.78 Å². The van der Waals surface area contributed by atoms with Crippen molar-refractivity contribution >= 4 is 17.7 Å². The van der Waals surface area contributed by atoms with Crippen LogP contribution in [-0.4, -0.2) is 16.1 Å². The molecule has 36 heavy (non-hydrogen) atoms. The van der Waals surface area contributed by atoms with E-state index in [4.69, 9.17) is 9.84 Å². The summed E-state index contributed by atoms with van der Waals surface area (Å²) < 4.78 is 8.09. The summed E-state index contributed by atoms with van der Waals surface area (Å²) in [6.45, 7) is 1.91. The standard InChI is InChI=1S/C29H22N5O.Pt/c1-3-10-24(11-4-1)32-21-30-34(22-32)26-14-8-16-28(20-26)35-27-15-7-9-23(19-27)29-17-18-33(31-29)25-12-5-2-6-13-25;/h1-12,14-18,21-22,25H,13H2;/q-3;/t25-;/m1./s1. The van der Waals surface area contributed by atoms with Gasteiger partial charge in [0, 0.05) is 50.1 Å². The van der Waals surface area contributed by atoms with E-state index in [0.29, 0.717) is 11.5 Å². The summed E-state index contributed by atoms with van der Waals surface area (Å²) in [5.74, 6) is 1.19. The van der Waals surface area contributed by atoms with Gasteiger partial charge in [-0.05, 0) is 18.6 Å². The Hall–Kier alpha value is -3.89. The zero-order chi connectivity index (χ0) is 23.5. The second-order valence-corrected chi connectivity index (χ2v) is 8.16. The molecule has 6 rings (SSSR count). The Bertz CT molecular complexity index is 1410. The molecule has 1 aliphatic carbocycles. The molecule has 0 unspecified atom stereocenters. The zero-order valence-electron chi connectivity index (χ0n) is 19.2. The molecule has 1 atom stereocenters. The van der Waals surface area contributed by atoms with Crippen LogP contribution in [0.4, 0.5) is 11.4 Å². The first-order chi connectivity index (χ1) is 17.3. The molecule has 0 fully saturated rings. The topological polar surface area (TPSA) is 45.9 Å². The van der Waals surface area contributed by atoms with Gasteiger partial charge in [0.15, 0.2) is 0 Å². The fourth-order valence-corrected chi connectivity index (χ4v) is 3.98. The molecule has 3 aromatic carbocycles. The van der Waals surface area contributed by atoms with Gasteiger partial charge >= 0.3 is 0 Å². The van der Waals surface area contributed by atoms with Crippen molar-refractivity contribution in [2.45, 2.75) is 12.5 Å². The Morgan fingerprint density at radius 3 is 2.56 bits per heavy atom. The van der Waals surface area contributed by atoms with Gasteiger partial charge in [0.05, 0.1) is 12.4 Å². The molecule has 7 heteroatoms. The van der Waals surface area contributed by atoms with Gasteiger partial charge < -0.3 is 14.6 Å². The molecule has 0 amide bonds. The summed E-state index contributed by atoms with van der Waals surface area (Å²) >= 11 is 0. The minimum Gasteiger partial charge on any atom is -0.503 e. The van der Waals surface area contributed by atoms with Crippen molar-refractivity contribution < 1.29 is 25.8 Å². The van der Waals surface area contributed by atoms with Crippen molar-refractivity contribution in [1.29, 1.82) is 0 Å². The second-order valence-electron chi connectivity index (χ2n) is 8.16. The molecule has 0 bridgehead atoms. The van der Waals surface area contributed by atoms with Crippen molar-refractivity contribution in [3.05, 3.63) is 122 Å². The molecule has 2 aliphatic rings. The van der Waals surface area contributed by atoms with Crippen LogP contribution >= 0.6 is 0 Å². The van der Waals surface area contributed by atoms with E-state index in [-0.39, 0.29) is 27.1 Å². The van der Waals surface area contributed by atoms with E-state index in [1.165, 1.54) is 0 Å². The summed E-state index contributed by atoms with van der Waals surface area (Å²) in [5.41, 5.74) is 3.56. The van der Waals surface area contributed by atoms with E-state index in [1.807, 2.05) is 95.2 Å². The average molecular weight is 652 g/mol. The van der Waals surface area contributed by atoms with Gasteiger partial charge in [-0.25, -0.2) is 5.10 Å². The number of nitrogens with zero attached hydrogens (tertiary/aromatic N) is 5. The summed E-state index contributed by atoms with van der Waals surface area (Å²) in [7, 11) is 0. The summed E-state index contributed by atoms with van der Waals surface area (Å²) in [6, 6.07) is 30.5. The Labute approximate surface area is 225 Å². The molecule has 0 spiro atoms. The summed E-state index contributed by atoms with van der Waals surface area (Å²) in [4.78, 5) is 1.96. The normalized spacial score (nSPS) is 16.3. The van der Waals surface area contributed by atoms with Crippen LogP contribution in [0.1, 0.15) is 12.5 Å². The largest absolute Gasteiger partial charge is 0.503 e. The molecule has 0 radical (unpaired) electrons. The van der Waals surface area contributed by atoms with Gasteiger partial charge in [0.25, 0.3) is 0 Å². The first kappa shape index (κ1) is 23.8. The predicted octanol–water partition coefficient (Wildman–Crippen LogP) is 6.39. The first-order valence-corrected chi connectivity index (χ1v) is 11.4. The molecule has 4 aromatic rings. The number of benzene rings is 3. The number of rotatable bonds is 6. The molecular weight excluding hydrogens is 629 g/mol. The van der Waals surface area contributed by atoms with E-state index in [9.17, 15) is 0 Å². The fraction of sp³-hybridized carbons (Fsp3) is 0.0690. The Morgan fingerprint density at radius 1 is 0.889 bits per heavy atom. The van der Waals surface area contributed by atoms with E-state index in [2.05, 4.69) is 41.5 Å². The minimum atomic E-state index is 0. The van der Waals surface area contributed by atoms with Crippen LogP contribution in [0.2, 0.25) is 0 Å². The number of allylic oxidation sites excluding steroid dienone is 4. The average Bonchev–Trinajstić information content (AvgIpc) is 3.61. The van der Waals surface area contributed by atoms with Crippen LogP contribution in [0.3, 0.4) is 0 Å². The Kier molecular flexibility index (Phi) is 7.15. The van der Waals surface area contributed by atoms with Crippen LogP contribution in [0.15, 0.2) is 108 Å². The first-order valence-electron chi connectivity index (χ1n) is 11.4. The third kappa shape index (κ3) is 5.19. The van der Waals surface area contributed by atoms with Gasteiger partial charge in [0.2, 0.25) is 0 Å². The molecule has 2 heterocycles. The third-order valence-corrected chi connectivity index (χ3v) is 5.76. The van der Waals surface area contributed by atoms with Crippen LogP contribution in [0.5, 0.6) is 11.5 Å². The number of anilines is 2. The minimum absolute atomic E-state index is 0. The second kappa shape index (κ2) is 10.8. The predicted molar refractivity (Wildman–Crippen MR) is 138 cm³/mol. The molecule has 0 saturated heterocycles. The van der Waals surface area contributed by atoms with Gasteiger partial charge in [0.1, 0.15) is 0 Å². The van der Waals surface area contributed by atoms with Gasteiger partial charge in [-0.1, -0.05) is 60.3 Å². The number of hydrazone groups is 1. The van der Waals surface area contributed by atoms with Crippen molar-refractivity contribution in [3.63, 3.8) is 0 Å². The van der Waals surface area contributed by atoms with Gasteiger partial charge in [-0.3, -0.25) is 4.68 Å². The molecule has 182 valence electrons. The fourth-order valence-electron chi connectivity index (χ4n) is 3.98. The van der Waals surface area contributed by atoms with E-state index in [0.717, 1.165) is 29.1 Å². The maximum atomic E-state index is 6.10. The van der Waals surface area contributed by atoms with Crippen molar-refractivity contribution in [2.75, 3.05) is 9.91 Å². The molecule has 0 N–H and O–H groups in total. The molecule has 6 nitrogen and oxygen atoms in total. The van der Waals surface area contributed by atoms with E-state index >= 15 is 0 Å². The van der Waals surface area contributed by atoms with E-state index in [1.54, 1.807) is 11.3 Å². The van der Waals surface area contributed by atoms with E-state index < -0.39 is 0 Å². The third-order valence-electron chi connectivity index (χ3n) is 5.76. The Balaban J connectivity index is 0.00000267. The number of para-hydroxylation sites is 1. The van der Waals surface area contributed by atoms with Crippen LogP contribution in [0, 0.1) is 18.8 Å². The van der Waals surface area contributed by atoms with Gasteiger partial charge in [-0.2, -0.15) is 11.2 Å². The smallest absolute Gasteiger partial charge is 0.0848 e. The summed E-state index contributed by atoms with van der Waals surface area (Å²) in [5, 5.41) is 11.0. The quantitative estimate of drug-likeness (QED) is 0.227. The number of hydrogen-bond acceptors (Lipinski definition) is 5. The summed E-state index contributed by atoms with van der Waals surface area (Å²) in [6.07, 6.45) is 13.2. The molecule has 1 aliphatic heterocycles.